The summed E-state index contributed by atoms with van der Waals surface area (Å²) in [6.45, 7) is 0.618. The summed E-state index contributed by atoms with van der Waals surface area (Å²) < 4.78 is 0. The van der Waals surface area contributed by atoms with E-state index < -0.39 is 10.9 Å². The van der Waals surface area contributed by atoms with Crippen LogP contribution in [0.1, 0.15) is 16.8 Å². The highest BCUT2D eigenvalue weighted by Crippen LogP contribution is 2.26. The van der Waals surface area contributed by atoms with Crippen LogP contribution < -0.4 is 5.32 Å². The van der Waals surface area contributed by atoms with E-state index in [9.17, 15) is 14.9 Å². The summed E-state index contributed by atoms with van der Waals surface area (Å²) in [5.74, 6) is 1.53. The summed E-state index contributed by atoms with van der Waals surface area (Å²) in [7, 11) is 0. The maximum absolute atomic E-state index is 10.9. The molecule has 1 aromatic rings. The van der Waals surface area contributed by atoms with Gasteiger partial charge in [-0.25, -0.2) is 9.78 Å². The Morgan fingerprint density at radius 3 is 3.05 bits per heavy atom. The molecule has 2 rings (SSSR count). The molecule has 2 N–H and O–H groups in total. The normalized spacial score (nSPS) is 18.2. The van der Waals surface area contributed by atoms with Crippen LogP contribution in [0.2, 0.25) is 0 Å². The lowest BCUT2D eigenvalue weighted by atomic mass is 10.1. The zero-order chi connectivity index (χ0) is 13.8. The van der Waals surface area contributed by atoms with Crippen molar-refractivity contribution in [3.63, 3.8) is 0 Å². The molecule has 1 fully saturated rings. The summed E-state index contributed by atoms with van der Waals surface area (Å²) in [5.41, 5.74) is -0.487. The molecule has 1 aromatic heterocycles. The molecule has 1 aliphatic heterocycles. The monoisotopic (exact) mass is 283 g/mol. The van der Waals surface area contributed by atoms with Gasteiger partial charge in [0, 0.05) is 18.8 Å². The zero-order valence-corrected chi connectivity index (χ0v) is 10.9. The van der Waals surface area contributed by atoms with Gasteiger partial charge in [-0.05, 0) is 23.8 Å². The first-order chi connectivity index (χ1) is 9.08. The topological polar surface area (TPSA) is 105 Å². The van der Waals surface area contributed by atoms with Crippen molar-refractivity contribution in [2.24, 2.45) is 5.92 Å². The average Bonchev–Trinajstić information content (AvgIpc) is 2.89. The van der Waals surface area contributed by atoms with Crippen molar-refractivity contribution in [2.75, 3.05) is 23.4 Å². The Balaban J connectivity index is 2.14. The van der Waals surface area contributed by atoms with Crippen LogP contribution in [0.4, 0.5) is 11.5 Å². The second kappa shape index (κ2) is 5.87. The second-order valence-corrected chi connectivity index (χ2v) is 5.41. The van der Waals surface area contributed by atoms with Crippen molar-refractivity contribution < 1.29 is 14.8 Å². The van der Waals surface area contributed by atoms with Gasteiger partial charge >= 0.3 is 11.7 Å². The van der Waals surface area contributed by atoms with E-state index in [1.165, 1.54) is 0 Å². The summed E-state index contributed by atoms with van der Waals surface area (Å²) in [4.78, 5) is 24.9. The summed E-state index contributed by atoms with van der Waals surface area (Å²) >= 11 is 1.86. The molecule has 8 heteroatoms. The molecule has 0 aliphatic carbocycles. The predicted octanol–water partition coefficient (Wildman–Crippen LogP) is 1.85. The molecule has 1 aliphatic rings. The third-order valence-electron chi connectivity index (χ3n) is 2.89. The van der Waals surface area contributed by atoms with Gasteiger partial charge in [0.25, 0.3) is 0 Å². The molecule has 0 spiro atoms. The molecule has 19 heavy (non-hydrogen) atoms. The highest BCUT2D eigenvalue weighted by molar-refractivity contribution is 7.99. The number of rotatable bonds is 5. The lowest BCUT2D eigenvalue weighted by molar-refractivity contribution is -0.384. The first-order valence-corrected chi connectivity index (χ1v) is 6.92. The Bertz CT molecular complexity index is 503. The van der Waals surface area contributed by atoms with E-state index in [0.29, 0.717) is 12.5 Å². The number of carbonyl (C=O) groups is 1. The Kier molecular flexibility index (Phi) is 4.20. The van der Waals surface area contributed by atoms with Crippen molar-refractivity contribution in [1.82, 2.24) is 4.98 Å². The Morgan fingerprint density at radius 2 is 2.47 bits per heavy atom. The third kappa shape index (κ3) is 3.34. The number of carboxylic acid groups (broad SMARTS) is 1. The van der Waals surface area contributed by atoms with Gasteiger partial charge in [-0.2, -0.15) is 11.8 Å². The number of carboxylic acids is 1. The number of anilines is 1. The number of aromatic carboxylic acids is 1. The van der Waals surface area contributed by atoms with Crippen molar-refractivity contribution in [3.05, 3.63) is 27.9 Å². The number of pyridine rings is 1. The van der Waals surface area contributed by atoms with Crippen LogP contribution in [0.5, 0.6) is 0 Å². The van der Waals surface area contributed by atoms with E-state index in [1.54, 1.807) is 0 Å². The molecular weight excluding hydrogens is 270 g/mol. The first kappa shape index (κ1) is 13.6. The summed E-state index contributed by atoms with van der Waals surface area (Å²) in [6, 6.07) is 1.03. The number of thioether (sulfide) groups is 1. The fourth-order valence-electron chi connectivity index (χ4n) is 1.83. The Hall–Kier alpha value is -1.83. The molecule has 0 bridgehead atoms. The van der Waals surface area contributed by atoms with E-state index in [1.807, 2.05) is 11.8 Å². The molecule has 102 valence electrons. The average molecular weight is 283 g/mol. The van der Waals surface area contributed by atoms with E-state index in [4.69, 9.17) is 5.11 Å². The summed E-state index contributed by atoms with van der Waals surface area (Å²) in [5, 5.41) is 22.7. The number of hydrogen-bond acceptors (Lipinski definition) is 6. The Labute approximate surface area is 113 Å². The lowest BCUT2D eigenvalue weighted by Gasteiger charge is -2.10. The highest BCUT2D eigenvalue weighted by Gasteiger charge is 2.21. The standard InChI is InChI=1S/C11H13N3O4S/c15-11(16)8-3-9(14(17)18)10(13-5-8)12-4-7-1-2-19-6-7/h3,5,7H,1-2,4,6H2,(H,12,13)(H,15,16). The first-order valence-electron chi connectivity index (χ1n) is 5.77. The van der Waals surface area contributed by atoms with Crippen LogP contribution in [0, 0.1) is 16.0 Å². The van der Waals surface area contributed by atoms with Gasteiger partial charge in [-0.1, -0.05) is 0 Å². The van der Waals surface area contributed by atoms with Gasteiger partial charge < -0.3 is 10.4 Å². The van der Waals surface area contributed by atoms with Crippen LogP contribution in [-0.2, 0) is 0 Å². The van der Waals surface area contributed by atoms with Crippen LogP contribution in [0.3, 0.4) is 0 Å². The molecule has 0 amide bonds. The number of nitrogens with zero attached hydrogens (tertiary/aromatic N) is 2. The van der Waals surface area contributed by atoms with Gasteiger partial charge in [0.05, 0.1) is 10.5 Å². The zero-order valence-electron chi connectivity index (χ0n) is 10.0. The Morgan fingerprint density at radius 1 is 1.68 bits per heavy atom. The van der Waals surface area contributed by atoms with Crippen LogP contribution in [0.25, 0.3) is 0 Å². The minimum absolute atomic E-state index is 0.131. The second-order valence-electron chi connectivity index (χ2n) is 4.26. The van der Waals surface area contributed by atoms with Crippen LogP contribution in [-0.4, -0.2) is 39.0 Å². The van der Waals surface area contributed by atoms with Gasteiger partial charge in [-0.15, -0.1) is 0 Å². The minimum Gasteiger partial charge on any atom is -0.478 e. The molecule has 1 unspecified atom stereocenters. The lowest BCUT2D eigenvalue weighted by Crippen LogP contribution is -2.15. The largest absolute Gasteiger partial charge is 0.478 e. The van der Waals surface area contributed by atoms with Crippen LogP contribution >= 0.6 is 11.8 Å². The molecule has 0 aromatic carbocycles. The number of nitro groups is 1. The maximum Gasteiger partial charge on any atom is 0.337 e. The van der Waals surface area contributed by atoms with Crippen molar-refractivity contribution in [3.8, 4) is 0 Å². The van der Waals surface area contributed by atoms with E-state index in [0.717, 1.165) is 30.2 Å². The highest BCUT2D eigenvalue weighted by atomic mass is 32.2. The molecule has 0 radical (unpaired) electrons. The molecular formula is C11H13N3O4S. The van der Waals surface area contributed by atoms with E-state index in [-0.39, 0.29) is 17.1 Å². The van der Waals surface area contributed by atoms with Gasteiger partial charge in [0.2, 0.25) is 5.82 Å². The number of nitrogens with one attached hydrogen (secondary N) is 1. The summed E-state index contributed by atoms with van der Waals surface area (Å²) in [6.07, 6.45) is 2.21. The minimum atomic E-state index is -1.23. The molecule has 1 atom stereocenters. The van der Waals surface area contributed by atoms with E-state index >= 15 is 0 Å². The number of aromatic nitrogens is 1. The van der Waals surface area contributed by atoms with E-state index in [2.05, 4.69) is 10.3 Å². The SMILES string of the molecule is O=C(O)c1cnc(NCC2CCSC2)c([N+](=O)[O-])c1. The fraction of sp³-hybridized carbons (Fsp3) is 0.455. The third-order valence-corrected chi connectivity index (χ3v) is 4.12. The van der Waals surface area contributed by atoms with Crippen molar-refractivity contribution in [1.29, 1.82) is 0 Å². The predicted molar refractivity (Wildman–Crippen MR) is 71.8 cm³/mol. The molecule has 1 saturated heterocycles. The van der Waals surface area contributed by atoms with Gasteiger partial charge in [0.15, 0.2) is 0 Å². The smallest absolute Gasteiger partial charge is 0.337 e. The quantitative estimate of drug-likeness (QED) is 0.627. The molecule has 2 heterocycles. The molecule has 7 nitrogen and oxygen atoms in total. The van der Waals surface area contributed by atoms with Gasteiger partial charge in [0.1, 0.15) is 0 Å². The van der Waals surface area contributed by atoms with Crippen LogP contribution in [0.15, 0.2) is 12.3 Å². The molecule has 0 saturated carbocycles. The van der Waals surface area contributed by atoms with Gasteiger partial charge in [-0.3, -0.25) is 10.1 Å². The fourth-order valence-corrected chi connectivity index (χ4v) is 3.12. The maximum atomic E-state index is 10.9. The van der Waals surface area contributed by atoms with Crippen molar-refractivity contribution >= 4 is 29.2 Å². The van der Waals surface area contributed by atoms with Crippen molar-refractivity contribution in [2.45, 2.75) is 6.42 Å². The number of hydrogen-bond donors (Lipinski definition) is 2.